The first kappa shape index (κ1) is 21.9. The van der Waals surface area contributed by atoms with E-state index in [1.807, 2.05) is 0 Å². The first-order valence-corrected chi connectivity index (χ1v) is 11.3. The van der Waals surface area contributed by atoms with Crippen molar-refractivity contribution >= 4 is 35.0 Å². The van der Waals surface area contributed by atoms with E-state index < -0.39 is 23.4 Å². The Morgan fingerprint density at radius 1 is 1.12 bits per heavy atom. The van der Waals surface area contributed by atoms with Crippen LogP contribution in [-0.2, 0) is 31.1 Å². The number of phenolic OH excluding ortho intramolecular Hbond substituents is 1. The number of rotatable bonds is 6. The molecule has 33 heavy (non-hydrogen) atoms. The molecule has 0 aromatic heterocycles. The number of phenols is 1. The van der Waals surface area contributed by atoms with Crippen molar-refractivity contribution in [2.75, 3.05) is 25.6 Å². The van der Waals surface area contributed by atoms with Crippen LogP contribution in [0.4, 0.5) is 5.69 Å². The van der Waals surface area contributed by atoms with Gasteiger partial charge in [0.15, 0.2) is 0 Å². The minimum Gasteiger partial charge on any atom is -0.508 e. The molecule has 2 aromatic rings. The van der Waals surface area contributed by atoms with Crippen molar-refractivity contribution < 1.29 is 24.2 Å². The van der Waals surface area contributed by atoms with Crippen LogP contribution in [0.5, 0.6) is 5.75 Å². The summed E-state index contributed by atoms with van der Waals surface area (Å²) in [6.07, 6.45) is 0.933. The molecular weight excluding hydrogens is 446 g/mol. The third-order valence-electron chi connectivity index (χ3n) is 6.89. The molecule has 2 aromatic carbocycles. The average molecular weight is 470 g/mol. The lowest BCUT2D eigenvalue weighted by atomic mass is 9.76. The molecule has 3 aliphatic rings. The van der Waals surface area contributed by atoms with Gasteiger partial charge in [0, 0.05) is 42.6 Å². The number of nitrogens with one attached hydrogen (secondary N) is 2. The number of likely N-dealkylation sites (tertiary alicyclic amines) is 1. The van der Waals surface area contributed by atoms with Crippen LogP contribution < -0.4 is 10.6 Å². The molecule has 0 unspecified atom stereocenters. The number of aromatic hydroxyl groups is 1. The zero-order valence-corrected chi connectivity index (χ0v) is 18.8. The molecule has 4 atom stereocenters. The summed E-state index contributed by atoms with van der Waals surface area (Å²) in [6, 6.07) is 11.3. The van der Waals surface area contributed by atoms with Crippen molar-refractivity contribution in [3.05, 3.63) is 58.6 Å². The highest BCUT2D eigenvalue weighted by molar-refractivity contribution is 6.31. The standard InChI is InChI=1S/C24H24ClN3O5/c1-33-10-2-9-28-21(30)19-18(11-13-3-6-15(29)7-4-13)27-24(20(19)22(28)31)16-12-14(25)5-8-17(16)26-23(24)32/h3-8,12,18-20,27,29H,2,9-11H2,1H3,(H,26,32)/t18-,19-,20+,24+/m1/s1. The average Bonchev–Trinajstić information content (AvgIpc) is 3.36. The van der Waals surface area contributed by atoms with Gasteiger partial charge in [-0.25, -0.2) is 0 Å². The fourth-order valence-corrected chi connectivity index (χ4v) is 5.65. The van der Waals surface area contributed by atoms with Crippen LogP contribution in [0.2, 0.25) is 5.02 Å². The summed E-state index contributed by atoms with van der Waals surface area (Å²) in [6.45, 7) is 0.663. The van der Waals surface area contributed by atoms with Crippen LogP contribution in [0.1, 0.15) is 17.5 Å². The van der Waals surface area contributed by atoms with Crippen LogP contribution in [0, 0.1) is 11.8 Å². The Kier molecular flexibility index (Phi) is 5.39. The zero-order valence-electron chi connectivity index (χ0n) is 18.0. The Balaban J connectivity index is 1.58. The molecular formula is C24H24ClN3O5. The molecule has 0 saturated carbocycles. The summed E-state index contributed by atoms with van der Waals surface area (Å²) in [5.74, 6) is -2.44. The summed E-state index contributed by atoms with van der Waals surface area (Å²) in [7, 11) is 1.57. The first-order valence-electron chi connectivity index (χ1n) is 10.9. The van der Waals surface area contributed by atoms with Crippen molar-refractivity contribution in [3.63, 3.8) is 0 Å². The molecule has 2 fully saturated rings. The lowest BCUT2D eigenvalue weighted by Gasteiger charge is -2.29. The number of halogens is 1. The third-order valence-corrected chi connectivity index (χ3v) is 7.13. The molecule has 9 heteroatoms. The molecule has 0 aliphatic carbocycles. The molecule has 0 bridgehead atoms. The maximum absolute atomic E-state index is 13.6. The highest BCUT2D eigenvalue weighted by Crippen LogP contribution is 2.53. The quantitative estimate of drug-likeness (QED) is 0.441. The number of nitrogens with zero attached hydrogens (tertiary/aromatic N) is 1. The minimum absolute atomic E-state index is 0.141. The second-order valence-corrected chi connectivity index (χ2v) is 9.19. The normalized spacial score (nSPS) is 27.9. The molecule has 3 heterocycles. The van der Waals surface area contributed by atoms with Crippen molar-refractivity contribution in [1.82, 2.24) is 10.2 Å². The number of amides is 3. The van der Waals surface area contributed by atoms with Crippen molar-refractivity contribution in [2.24, 2.45) is 11.8 Å². The van der Waals surface area contributed by atoms with E-state index in [1.165, 1.54) is 4.90 Å². The minimum atomic E-state index is -1.38. The van der Waals surface area contributed by atoms with Gasteiger partial charge in [0.25, 0.3) is 0 Å². The highest BCUT2D eigenvalue weighted by atomic mass is 35.5. The molecule has 172 valence electrons. The number of carbonyl (C=O) groups excluding carboxylic acids is 3. The largest absolute Gasteiger partial charge is 0.508 e. The second-order valence-electron chi connectivity index (χ2n) is 8.75. The maximum atomic E-state index is 13.6. The van der Waals surface area contributed by atoms with Gasteiger partial charge in [-0.2, -0.15) is 0 Å². The number of fused-ring (bicyclic) bond motifs is 4. The van der Waals surface area contributed by atoms with Crippen LogP contribution >= 0.6 is 11.6 Å². The predicted molar refractivity (Wildman–Crippen MR) is 121 cm³/mol. The van der Waals surface area contributed by atoms with Crippen molar-refractivity contribution in [1.29, 1.82) is 0 Å². The van der Waals surface area contributed by atoms with Gasteiger partial charge in [-0.3, -0.25) is 24.6 Å². The topological polar surface area (TPSA) is 108 Å². The first-order chi connectivity index (χ1) is 15.9. The molecule has 5 rings (SSSR count). The summed E-state index contributed by atoms with van der Waals surface area (Å²) >= 11 is 6.27. The number of hydrogen-bond donors (Lipinski definition) is 3. The van der Waals surface area contributed by atoms with Crippen molar-refractivity contribution in [3.8, 4) is 5.75 Å². The number of imide groups is 1. The number of hydrogen-bond acceptors (Lipinski definition) is 6. The Morgan fingerprint density at radius 2 is 1.88 bits per heavy atom. The summed E-state index contributed by atoms with van der Waals surface area (Å²) in [4.78, 5) is 41.8. The van der Waals surface area contributed by atoms with E-state index in [1.54, 1.807) is 49.6 Å². The molecule has 2 saturated heterocycles. The summed E-state index contributed by atoms with van der Waals surface area (Å²) < 4.78 is 5.09. The Bertz CT molecular complexity index is 1140. The van der Waals surface area contributed by atoms with E-state index >= 15 is 0 Å². The van der Waals surface area contributed by atoms with Gasteiger partial charge >= 0.3 is 0 Å². The van der Waals surface area contributed by atoms with E-state index in [9.17, 15) is 19.5 Å². The van der Waals surface area contributed by atoms with Gasteiger partial charge in [0.2, 0.25) is 17.7 Å². The van der Waals surface area contributed by atoms with E-state index in [0.717, 1.165) is 5.56 Å². The van der Waals surface area contributed by atoms with Crippen LogP contribution in [-0.4, -0.2) is 54.0 Å². The van der Waals surface area contributed by atoms with E-state index in [4.69, 9.17) is 16.3 Å². The molecule has 3 amide bonds. The van der Waals surface area contributed by atoms with Gasteiger partial charge < -0.3 is 15.2 Å². The van der Waals surface area contributed by atoms with Gasteiger partial charge in [-0.15, -0.1) is 0 Å². The Morgan fingerprint density at radius 3 is 2.61 bits per heavy atom. The summed E-state index contributed by atoms with van der Waals surface area (Å²) in [5.41, 5.74) is 0.668. The van der Waals surface area contributed by atoms with Crippen LogP contribution in [0.25, 0.3) is 0 Å². The number of ether oxygens (including phenoxy) is 1. The maximum Gasteiger partial charge on any atom is 0.250 e. The lowest BCUT2D eigenvalue weighted by molar-refractivity contribution is -0.143. The van der Waals surface area contributed by atoms with Crippen molar-refractivity contribution in [2.45, 2.75) is 24.4 Å². The predicted octanol–water partition coefficient (Wildman–Crippen LogP) is 2.05. The fraction of sp³-hybridized carbons (Fsp3) is 0.375. The highest BCUT2D eigenvalue weighted by Gasteiger charge is 2.70. The molecule has 1 spiro atoms. The SMILES string of the molecule is COCCCN1C(=O)[C@H]2[C@@H](C1=O)[C@]1(N[C@@H]2Cc2ccc(O)cc2)C(=O)Nc2ccc(Cl)cc21. The fourth-order valence-electron chi connectivity index (χ4n) is 5.48. The number of anilines is 1. The van der Waals surface area contributed by atoms with Crippen LogP contribution in [0.15, 0.2) is 42.5 Å². The molecule has 8 nitrogen and oxygen atoms in total. The smallest absolute Gasteiger partial charge is 0.250 e. The van der Waals surface area contributed by atoms with Gasteiger partial charge in [0.1, 0.15) is 11.3 Å². The molecule has 3 aliphatic heterocycles. The Labute approximate surface area is 195 Å². The molecule has 0 radical (unpaired) electrons. The summed E-state index contributed by atoms with van der Waals surface area (Å²) in [5, 5.41) is 16.3. The van der Waals surface area contributed by atoms with E-state index in [0.29, 0.717) is 35.7 Å². The number of methoxy groups -OCH3 is 1. The molecule has 3 N–H and O–H groups in total. The monoisotopic (exact) mass is 469 g/mol. The lowest BCUT2D eigenvalue weighted by Crippen LogP contribution is -2.53. The second kappa shape index (κ2) is 8.13. The van der Waals surface area contributed by atoms with E-state index in [-0.39, 0.29) is 30.0 Å². The zero-order chi connectivity index (χ0) is 23.3. The van der Waals surface area contributed by atoms with E-state index in [2.05, 4.69) is 10.6 Å². The van der Waals surface area contributed by atoms with Gasteiger partial charge in [-0.1, -0.05) is 23.7 Å². The number of carbonyl (C=O) groups is 3. The van der Waals surface area contributed by atoms with Crippen LogP contribution in [0.3, 0.4) is 0 Å². The van der Waals surface area contributed by atoms with Gasteiger partial charge in [-0.05, 0) is 48.7 Å². The third kappa shape index (κ3) is 3.32. The van der Waals surface area contributed by atoms with Gasteiger partial charge in [0.05, 0.1) is 11.8 Å². The number of benzene rings is 2. The Hall–Kier alpha value is -2.94.